The molecule has 0 aliphatic carbocycles. The molecule has 16 heavy (non-hydrogen) atoms. The van der Waals surface area contributed by atoms with Gasteiger partial charge >= 0.3 is 0 Å². The molecular formula is C12H16FNO2. The van der Waals surface area contributed by atoms with Crippen molar-refractivity contribution in [2.45, 2.75) is 19.3 Å². The van der Waals surface area contributed by atoms with E-state index in [1.165, 1.54) is 12.1 Å². The van der Waals surface area contributed by atoms with E-state index in [0.717, 1.165) is 12.0 Å². The topological polar surface area (TPSA) is 49.3 Å². The van der Waals surface area contributed by atoms with E-state index in [2.05, 4.69) is 5.32 Å². The third-order valence-electron chi connectivity index (χ3n) is 2.18. The standard InChI is InChI=1S/C12H16FNO2/c13-11-5-3-10(4-6-11)9-12(16)14-7-1-2-8-15/h3-6,15H,1-2,7-9H2,(H,14,16). The first-order valence-corrected chi connectivity index (χ1v) is 5.34. The van der Waals surface area contributed by atoms with Gasteiger partial charge in [-0.3, -0.25) is 4.79 Å². The maximum atomic E-state index is 12.6. The Bertz CT molecular complexity index is 324. The normalized spacial score (nSPS) is 10.1. The highest BCUT2D eigenvalue weighted by atomic mass is 19.1. The van der Waals surface area contributed by atoms with E-state index in [1.807, 2.05) is 0 Å². The molecule has 3 nitrogen and oxygen atoms in total. The number of unbranched alkanes of at least 4 members (excludes halogenated alkanes) is 1. The fourth-order valence-corrected chi connectivity index (χ4v) is 1.31. The summed E-state index contributed by atoms with van der Waals surface area (Å²) in [6, 6.07) is 5.88. The predicted molar refractivity (Wildman–Crippen MR) is 59.4 cm³/mol. The molecule has 2 N–H and O–H groups in total. The van der Waals surface area contributed by atoms with Crippen LogP contribution in [0.3, 0.4) is 0 Å². The highest BCUT2D eigenvalue weighted by molar-refractivity contribution is 5.78. The van der Waals surface area contributed by atoms with Crippen LogP contribution in [0.1, 0.15) is 18.4 Å². The number of rotatable bonds is 6. The minimum absolute atomic E-state index is 0.0791. The number of carbonyl (C=O) groups is 1. The van der Waals surface area contributed by atoms with Gasteiger partial charge in [-0.05, 0) is 30.5 Å². The van der Waals surface area contributed by atoms with E-state index in [-0.39, 0.29) is 24.8 Å². The number of carbonyl (C=O) groups excluding carboxylic acids is 1. The maximum Gasteiger partial charge on any atom is 0.224 e. The van der Waals surface area contributed by atoms with Crippen molar-refractivity contribution >= 4 is 5.91 Å². The van der Waals surface area contributed by atoms with Crippen LogP contribution in [-0.4, -0.2) is 24.2 Å². The van der Waals surface area contributed by atoms with E-state index >= 15 is 0 Å². The van der Waals surface area contributed by atoms with Crippen molar-refractivity contribution in [3.63, 3.8) is 0 Å². The molecule has 4 heteroatoms. The summed E-state index contributed by atoms with van der Waals surface area (Å²) in [4.78, 5) is 11.4. The zero-order valence-corrected chi connectivity index (χ0v) is 9.08. The van der Waals surface area contributed by atoms with Gasteiger partial charge in [0, 0.05) is 13.2 Å². The Balaban J connectivity index is 2.26. The lowest BCUT2D eigenvalue weighted by atomic mass is 10.1. The summed E-state index contributed by atoms with van der Waals surface area (Å²) in [6.45, 7) is 0.717. The first kappa shape index (κ1) is 12.6. The number of halogens is 1. The van der Waals surface area contributed by atoms with Gasteiger partial charge in [-0.2, -0.15) is 0 Å². The van der Waals surface area contributed by atoms with Crippen LogP contribution in [0.15, 0.2) is 24.3 Å². The molecule has 0 spiro atoms. The summed E-state index contributed by atoms with van der Waals surface area (Å²) < 4.78 is 12.6. The van der Waals surface area contributed by atoms with Crippen molar-refractivity contribution in [3.05, 3.63) is 35.6 Å². The second-order valence-corrected chi connectivity index (χ2v) is 3.58. The molecule has 0 aromatic heterocycles. The number of aliphatic hydroxyl groups is 1. The molecule has 0 radical (unpaired) electrons. The highest BCUT2D eigenvalue weighted by Gasteiger charge is 2.02. The zero-order valence-electron chi connectivity index (χ0n) is 9.08. The number of aliphatic hydroxyl groups excluding tert-OH is 1. The Kier molecular flexibility index (Phi) is 5.50. The lowest BCUT2D eigenvalue weighted by Gasteiger charge is -2.04. The highest BCUT2D eigenvalue weighted by Crippen LogP contribution is 2.03. The van der Waals surface area contributed by atoms with Crippen LogP contribution in [-0.2, 0) is 11.2 Å². The number of nitrogens with one attached hydrogen (secondary N) is 1. The Labute approximate surface area is 94.3 Å². The fraction of sp³-hybridized carbons (Fsp3) is 0.417. The smallest absolute Gasteiger partial charge is 0.224 e. The summed E-state index contributed by atoms with van der Waals surface area (Å²) in [6.07, 6.45) is 1.72. The Hall–Kier alpha value is -1.42. The van der Waals surface area contributed by atoms with E-state index in [4.69, 9.17) is 5.11 Å². The SMILES string of the molecule is O=C(Cc1ccc(F)cc1)NCCCCO. The van der Waals surface area contributed by atoms with Crippen LogP contribution in [0.4, 0.5) is 4.39 Å². The second kappa shape index (κ2) is 6.95. The van der Waals surface area contributed by atoms with Gasteiger partial charge in [0.2, 0.25) is 5.91 Å². The summed E-state index contributed by atoms with van der Waals surface area (Å²) in [5, 5.41) is 11.3. The van der Waals surface area contributed by atoms with Gasteiger partial charge in [0.25, 0.3) is 0 Å². The minimum Gasteiger partial charge on any atom is -0.396 e. The molecule has 1 amide bonds. The first-order valence-electron chi connectivity index (χ1n) is 5.34. The lowest BCUT2D eigenvalue weighted by Crippen LogP contribution is -2.26. The van der Waals surface area contributed by atoms with Gasteiger partial charge in [0.05, 0.1) is 6.42 Å². The predicted octanol–water partition coefficient (Wildman–Crippen LogP) is 1.26. The molecule has 0 saturated carbocycles. The molecule has 1 aromatic rings. The van der Waals surface area contributed by atoms with Crippen LogP contribution >= 0.6 is 0 Å². The molecule has 0 unspecified atom stereocenters. The first-order chi connectivity index (χ1) is 7.72. The molecule has 0 heterocycles. The molecule has 0 saturated heterocycles. The Morgan fingerprint density at radius 3 is 2.56 bits per heavy atom. The fourth-order valence-electron chi connectivity index (χ4n) is 1.31. The Morgan fingerprint density at radius 1 is 1.25 bits per heavy atom. The van der Waals surface area contributed by atoms with E-state index < -0.39 is 0 Å². The van der Waals surface area contributed by atoms with Gasteiger partial charge in [-0.1, -0.05) is 12.1 Å². The van der Waals surface area contributed by atoms with Gasteiger partial charge in [-0.15, -0.1) is 0 Å². The molecule has 0 aliphatic rings. The van der Waals surface area contributed by atoms with E-state index in [1.54, 1.807) is 12.1 Å². The summed E-state index contributed by atoms with van der Waals surface area (Å²) in [5.41, 5.74) is 0.793. The van der Waals surface area contributed by atoms with Crippen LogP contribution in [0.25, 0.3) is 0 Å². The number of hydrogen-bond donors (Lipinski definition) is 2. The maximum absolute atomic E-state index is 12.6. The zero-order chi connectivity index (χ0) is 11.8. The largest absolute Gasteiger partial charge is 0.396 e. The van der Waals surface area contributed by atoms with Crippen LogP contribution in [0, 0.1) is 5.82 Å². The molecule has 0 bridgehead atoms. The Morgan fingerprint density at radius 2 is 1.94 bits per heavy atom. The number of benzene rings is 1. The van der Waals surface area contributed by atoms with Gasteiger partial charge in [-0.25, -0.2) is 4.39 Å². The lowest BCUT2D eigenvalue weighted by molar-refractivity contribution is -0.120. The van der Waals surface area contributed by atoms with E-state index in [9.17, 15) is 9.18 Å². The third kappa shape index (κ3) is 4.89. The summed E-state index contributed by atoms with van der Waals surface area (Å²) >= 11 is 0. The second-order valence-electron chi connectivity index (χ2n) is 3.58. The monoisotopic (exact) mass is 225 g/mol. The quantitative estimate of drug-likeness (QED) is 0.716. The molecule has 0 fully saturated rings. The molecule has 0 aliphatic heterocycles. The van der Waals surface area contributed by atoms with Crippen LogP contribution < -0.4 is 5.32 Å². The average molecular weight is 225 g/mol. The van der Waals surface area contributed by atoms with Crippen molar-refractivity contribution < 1.29 is 14.3 Å². The van der Waals surface area contributed by atoms with Crippen molar-refractivity contribution in [2.75, 3.05) is 13.2 Å². The summed E-state index contributed by atoms with van der Waals surface area (Å²) in [5.74, 6) is -0.378. The third-order valence-corrected chi connectivity index (χ3v) is 2.18. The number of hydrogen-bond acceptors (Lipinski definition) is 2. The molecular weight excluding hydrogens is 209 g/mol. The van der Waals surface area contributed by atoms with Crippen molar-refractivity contribution in [1.82, 2.24) is 5.32 Å². The molecule has 1 rings (SSSR count). The van der Waals surface area contributed by atoms with Crippen LogP contribution in [0.2, 0.25) is 0 Å². The average Bonchev–Trinajstić information content (AvgIpc) is 2.28. The van der Waals surface area contributed by atoms with E-state index in [0.29, 0.717) is 13.0 Å². The summed E-state index contributed by atoms with van der Waals surface area (Å²) in [7, 11) is 0. The molecule has 88 valence electrons. The van der Waals surface area contributed by atoms with Gasteiger partial charge in [0.1, 0.15) is 5.82 Å². The molecule has 0 atom stereocenters. The minimum atomic E-state index is -0.299. The van der Waals surface area contributed by atoms with Gasteiger partial charge in [0.15, 0.2) is 0 Å². The van der Waals surface area contributed by atoms with Crippen molar-refractivity contribution in [1.29, 1.82) is 0 Å². The van der Waals surface area contributed by atoms with Crippen molar-refractivity contribution in [2.24, 2.45) is 0 Å². The van der Waals surface area contributed by atoms with Crippen molar-refractivity contribution in [3.8, 4) is 0 Å². The van der Waals surface area contributed by atoms with Gasteiger partial charge < -0.3 is 10.4 Å². The number of amides is 1. The van der Waals surface area contributed by atoms with Crippen LogP contribution in [0.5, 0.6) is 0 Å². The molecule has 1 aromatic carbocycles.